The van der Waals surface area contributed by atoms with Crippen LogP contribution in [0.1, 0.15) is 21.7 Å². The number of benzene rings is 1. The van der Waals surface area contributed by atoms with Crippen LogP contribution < -0.4 is 33.0 Å². The second-order valence-corrected chi connectivity index (χ2v) is 6.89. The first-order valence-corrected chi connectivity index (χ1v) is 9.12. The molecule has 4 aromatic rings. The van der Waals surface area contributed by atoms with Crippen LogP contribution in [0.4, 0.5) is 27.1 Å². The first-order valence-electron chi connectivity index (χ1n) is 9.12. The van der Waals surface area contributed by atoms with Gasteiger partial charge >= 0.3 is 5.97 Å². The molecule has 4 rings (SSSR count). The van der Waals surface area contributed by atoms with Crippen molar-refractivity contribution in [3.8, 4) is 0 Å². The largest absolute Gasteiger partial charge is 0.477 e. The number of anilines is 4. The zero-order chi connectivity index (χ0) is 23.2. The maximum absolute atomic E-state index is 14.1. The molecule has 0 aliphatic rings. The lowest BCUT2D eigenvalue weighted by molar-refractivity contribution is 0.0687. The van der Waals surface area contributed by atoms with Crippen molar-refractivity contribution in [1.29, 1.82) is 0 Å². The summed E-state index contributed by atoms with van der Waals surface area (Å²) in [6.45, 7) is 4.03. The van der Waals surface area contributed by atoms with Gasteiger partial charge in [0.15, 0.2) is 11.3 Å². The van der Waals surface area contributed by atoms with Gasteiger partial charge in [-0.25, -0.2) is 18.7 Å². The van der Waals surface area contributed by atoms with E-state index >= 15 is 0 Å². The minimum Gasteiger partial charge on any atom is -0.477 e. The van der Waals surface area contributed by atoms with E-state index < -0.39 is 22.6 Å². The molecule has 2 aromatic heterocycles. The number of nitrogens with one attached hydrogen (secondary N) is 2. The minimum atomic E-state index is -1.22. The number of halogens is 1. The highest BCUT2D eigenvalue weighted by Gasteiger charge is 2.19. The number of carboxylic acids is 1. The average Bonchev–Trinajstić information content (AvgIpc) is 3.16. The molecule has 0 unspecified atom stereocenters. The van der Waals surface area contributed by atoms with Crippen LogP contribution in [-0.2, 0) is 6.54 Å². The third-order valence-electron chi connectivity index (χ3n) is 4.77. The van der Waals surface area contributed by atoms with Crippen LogP contribution in [0.25, 0.3) is 11.3 Å². The molecule has 0 radical (unpaired) electrons. The molecule has 0 atom stereocenters. The quantitative estimate of drug-likeness (QED) is 0.260. The summed E-state index contributed by atoms with van der Waals surface area (Å²) < 4.78 is 15.2. The lowest BCUT2D eigenvalue weighted by atomic mass is 10.1. The van der Waals surface area contributed by atoms with Gasteiger partial charge in [-0.3, -0.25) is 9.59 Å². The number of hydrogen-bond donors (Lipinski definition) is 5. The number of carbonyl (C=O) groups is 1. The fraction of sp³-hybridized carbons (Fsp3) is 0.0500. The summed E-state index contributed by atoms with van der Waals surface area (Å²) in [7, 11) is 0. The van der Waals surface area contributed by atoms with Crippen molar-refractivity contribution in [2.24, 2.45) is 0 Å². The molecule has 0 saturated carbocycles. The summed E-state index contributed by atoms with van der Waals surface area (Å²) in [6.07, 6.45) is 1.30. The average molecular weight is 437 g/mol. The van der Waals surface area contributed by atoms with E-state index in [-0.39, 0.29) is 46.3 Å². The van der Waals surface area contributed by atoms with E-state index in [2.05, 4.69) is 27.3 Å². The van der Waals surface area contributed by atoms with E-state index in [1.54, 1.807) is 0 Å². The number of hydrogen-bond acceptors (Lipinski definition) is 9. The first kappa shape index (κ1) is 20.5. The fourth-order valence-corrected chi connectivity index (χ4v) is 3.03. The summed E-state index contributed by atoms with van der Waals surface area (Å²) in [6, 6.07) is 5.41. The Balaban J connectivity index is 1.55. The SMILES string of the molecule is C=C(NCc1ccc(F)c(Nc2c(N)c(=O)c2=O)c1)c1cc(C(=O)O)n2ncc(N)c2n1. The Morgan fingerprint density at radius 2 is 1.97 bits per heavy atom. The Hall–Kier alpha value is -4.74. The number of nitrogen functional groups attached to an aromatic ring is 2. The Morgan fingerprint density at radius 1 is 1.22 bits per heavy atom. The number of nitrogens with zero attached hydrogens (tertiary/aromatic N) is 3. The molecule has 0 bridgehead atoms. The molecule has 32 heavy (non-hydrogen) atoms. The zero-order valence-electron chi connectivity index (χ0n) is 16.3. The van der Waals surface area contributed by atoms with E-state index in [0.717, 1.165) is 4.52 Å². The second-order valence-electron chi connectivity index (χ2n) is 6.89. The second kappa shape index (κ2) is 7.50. The summed E-state index contributed by atoms with van der Waals surface area (Å²) in [5, 5.41) is 18.9. The van der Waals surface area contributed by atoms with Gasteiger partial charge in [-0.05, 0) is 23.8 Å². The Kier molecular flexibility index (Phi) is 4.81. The Bertz CT molecular complexity index is 1480. The molecule has 2 heterocycles. The standard InChI is InChI=1S/C20H16FN7O4/c1-8(12-5-14(20(31)32)28-19(27-12)11(22)7-25-28)24-6-9-2-3-10(21)13(4-9)26-16-15(23)17(29)18(16)30/h2-5,7,24,26H,1,6,22-23H2,(H,31,32). The van der Waals surface area contributed by atoms with Crippen molar-refractivity contribution < 1.29 is 14.3 Å². The van der Waals surface area contributed by atoms with E-state index in [0.29, 0.717) is 11.3 Å². The number of carboxylic acid groups (broad SMARTS) is 1. The molecule has 0 spiro atoms. The molecule has 162 valence electrons. The van der Waals surface area contributed by atoms with Crippen LogP contribution in [-0.4, -0.2) is 25.7 Å². The van der Waals surface area contributed by atoms with Gasteiger partial charge in [0.2, 0.25) is 0 Å². The number of nitrogens with two attached hydrogens (primary N) is 2. The number of fused-ring (bicyclic) bond motifs is 1. The molecule has 2 aromatic carbocycles. The minimum absolute atomic E-state index is 0.0338. The van der Waals surface area contributed by atoms with Crippen molar-refractivity contribution >= 4 is 40.1 Å². The van der Waals surface area contributed by atoms with Crippen molar-refractivity contribution in [1.82, 2.24) is 19.9 Å². The van der Waals surface area contributed by atoms with Crippen molar-refractivity contribution in [3.05, 3.63) is 80.3 Å². The molecule has 0 aliphatic heterocycles. The highest BCUT2D eigenvalue weighted by atomic mass is 19.1. The number of aromatic nitrogens is 3. The van der Waals surface area contributed by atoms with Gasteiger partial charge in [0.05, 0.1) is 29.0 Å². The predicted molar refractivity (Wildman–Crippen MR) is 116 cm³/mol. The molecule has 12 heteroatoms. The maximum Gasteiger partial charge on any atom is 0.354 e. The molecular formula is C20H16FN7O4. The number of aromatic carboxylic acids is 1. The third kappa shape index (κ3) is 3.39. The third-order valence-corrected chi connectivity index (χ3v) is 4.77. The van der Waals surface area contributed by atoms with E-state index in [1.807, 2.05) is 0 Å². The highest BCUT2D eigenvalue weighted by molar-refractivity contribution is 5.88. The molecule has 0 aliphatic carbocycles. The first-order chi connectivity index (χ1) is 15.2. The van der Waals surface area contributed by atoms with Crippen LogP contribution in [0.15, 0.2) is 46.6 Å². The van der Waals surface area contributed by atoms with Crippen LogP contribution in [0.2, 0.25) is 0 Å². The van der Waals surface area contributed by atoms with E-state index in [4.69, 9.17) is 11.5 Å². The monoisotopic (exact) mass is 437 g/mol. The van der Waals surface area contributed by atoms with Gasteiger partial charge in [0.25, 0.3) is 10.9 Å². The van der Waals surface area contributed by atoms with Gasteiger partial charge in [0.1, 0.15) is 17.2 Å². The molecule has 0 fully saturated rings. The maximum atomic E-state index is 14.1. The molecule has 7 N–H and O–H groups in total. The van der Waals surface area contributed by atoms with Gasteiger partial charge < -0.3 is 27.2 Å². The topological polar surface area (TPSA) is 178 Å². The Morgan fingerprint density at radius 3 is 2.66 bits per heavy atom. The molecule has 0 saturated heterocycles. The van der Waals surface area contributed by atoms with Gasteiger partial charge in [-0.2, -0.15) is 5.10 Å². The van der Waals surface area contributed by atoms with Gasteiger partial charge in [0, 0.05) is 6.54 Å². The van der Waals surface area contributed by atoms with E-state index in [9.17, 15) is 23.9 Å². The molecular weight excluding hydrogens is 421 g/mol. The van der Waals surface area contributed by atoms with Crippen LogP contribution >= 0.6 is 0 Å². The highest BCUT2D eigenvalue weighted by Crippen LogP contribution is 2.23. The van der Waals surface area contributed by atoms with Crippen LogP contribution in [0.5, 0.6) is 0 Å². The normalized spacial score (nSPS) is 11.0. The molecule has 11 nitrogen and oxygen atoms in total. The van der Waals surface area contributed by atoms with Crippen molar-refractivity contribution in [2.45, 2.75) is 6.54 Å². The molecule has 0 amide bonds. The summed E-state index contributed by atoms with van der Waals surface area (Å²) in [5.74, 6) is -1.86. The van der Waals surface area contributed by atoms with Crippen LogP contribution in [0.3, 0.4) is 0 Å². The van der Waals surface area contributed by atoms with Crippen molar-refractivity contribution in [3.63, 3.8) is 0 Å². The fourth-order valence-electron chi connectivity index (χ4n) is 3.03. The van der Waals surface area contributed by atoms with Gasteiger partial charge in [-0.1, -0.05) is 12.6 Å². The van der Waals surface area contributed by atoms with Gasteiger partial charge in [-0.15, -0.1) is 0 Å². The smallest absolute Gasteiger partial charge is 0.354 e. The van der Waals surface area contributed by atoms with Crippen LogP contribution in [0, 0.1) is 5.82 Å². The lowest BCUT2D eigenvalue weighted by Crippen LogP contribution is -2.36. The summed E-state index contributed by atoms with van der Waals surface area (Å²) in [5.41, 5.74) is 10.6. The van der Waals surface area contributed by atoms with Crippen molar-refractivity contribution in [2.75, 3.05) is 16.8 Å². The summed E-state index contributed by atoms with van der Waals surface area (Å²) in [4.78, 5) is 38.6. The zero-order valence-corrected chi connectivity index (χ0v) is 16.3. The Labute approximate surface area is 178 Å². The number of rotatable bonds is 7. The van der Waals surface area contributed by atoms with E-state index in [1.165, 1.54) is 30.5 Å². The predicted octanol–water partition coefficient (Wildman–Crippen LogP) is 0.831. The summed E-state index contributed by atoms with van der Waals surface area (Å²) >= 11 is 0. The lowest BCUT2D eigenvalue weighted by Gasteiger charge is -2.14.